The average molecular weight is 1260 g/mol. The van der Waals surface area contributed by atoms with Crippen molar-refractivity contribution in [2.45, 2.75) is 0 Å². The van der Waals surface area contributed by atoms with Gasteiger partial charge < -0.3 is 8.83 Å². The molecular formula is C90H58N6O2. The fourth-order valence-electron chi connectivity index (χ4n) is 12.9. The fraction of sp³-hybridized carbons (Fsp3) is 0. The van der Waals surface area contributed by atoms with Gasteiger partial charge in [-0.15, -0.1) is 0 Å². The SMILES string of the molecule is c1ccc(-c2ccc(-c3cccc(-c4cc(-c5ccccc5)cc(-c5nc(-c6ccccc6)nc(-c6ccccc6)n5)c4)c3)cc2)cc1.c1ccc(-c2nc(-c3cccc(-c4ccc5oc6ccccc6c5c4)c3)nc(-c3cccc(-c4ccc5oc6ccccc6c5c4)c3)n2)cc1. The van der Waals surface area contributed by atoms with Crippen molar-refractivity contribution in [2.75, 3.05) is 0 Å². The summed E-state index contributed by atoms with van der Waals surface area (Å²) in [7, 11) is 0. The van der Waals surface area contributed by atoms with Crippen LogP contribution >= 0.6 is 0 Å². The topological polar surface area (TPSA) is 104 Å². The molecule has 0 radical (unpaired) electrons. The smallest absolute Gasteiger partial charge is 0.164 e. The van der Waals surface area contributed by atoms with E-state index in [1.54, 1.807) is 0 Å². The average Bonchev–Trinajstić information content (AvgIpc) is 1.35. The molecule has 0 saturated heterocycles. The number of fused-ring (bicyclic) bond motifs is 6. The molecule has 0 aliphatic rings. The molecule has 0 spiro atoms. The zero-order chi connectivity index (χ0) is 65.1. The summed E-state index contributed by atoms with van der Waals surface area (Å²) in [6, 6.07) is 121. The number of benzene rings is 14. The second-order valence-electron chi connectivity index (χ2n) is 24.2. The lowest BCUT2D eigenvalue weighted by Crippen LogP contribution is -2.00. The van der Waals surface area contributed by atoms with Gasteiger partial charge in [0.1, 0.15) is 22.3 Å². The maximum absolute atomic E-state index is 6.08. The Bertz CT molecular complexity index is 5690. The third kappa shape index (κ3) is 12.0. The number of nitrogens with zero attached hydrogens (tertiary/aromatic N) is 6. The first-order valence-electron chi connectivity index (χ1n) is 32.7. The van der Waals surface area contributed by atoms with Gasteiger partial charge in [-0.3, -0.25) is 0 Å². The van der Waals surface area contributed by atoms with Crippen molar-refractivity contribution < 1.29 is 8.83 Å². The number of para-hydroxylation sites is 2. The highest BCUT2D eigenvalue weighted by Crippen LogP contribution is 2.39. The first-order valence-corrected chi connectivity index (χ1v) is 32.7. The maximum atomic E-state index is 6.08. The highest BCUT2D eigenvalue weighted by atomic mass is 16.3. The monoisotopic (exact) mass is 1250 g/mol. The lowest BCUT2D eigenvalue weighted by Gasteiger charge is -2.13. The molecule has 0 bridgehead atoms. The van der Waals surface area contributed by atoms with Crippen LogP contribution in [0.5, 0.6) is 0 Å². The Balaban J connectivity index is 0.000000148. The van der Waals surface area contributed by atoms with Crippen LogP contribution in [-0.4, -0.2) is 29.9 Å². The molecule has 0 aliphatic carbocycles. The van der Waals surface area contributed by atoms with Gasteiger partial charge >= 0.3 is 0 Å². The van der Waals surface area contributed by atoms with Gasteiger partial charge in [-0.05, 0) is 140 Å². The summed E-state index contributed by atoms with van der Waals surface area (Å²) in [5.41, 5.74) is 22.7. The van der Waals surface area contributed by atoms with Crippen LogP contribution in [0.15, 0.2) is 361 Å². The van der Waals surface area contributed by atoms with E-state index >= 15 is 0 Å². The minimum Gasteiger partial charge on any atom is -0.456 e. The summed E-state index contributed by atoms with van der Waals surface area (Å²) in [6.07, 6.45) is 0. The molecule has 14 aromatic carbocycles. The maximum Gasteiger partial charge on any atom is 0.164 e. The fourth-order valence-corrected chi connectivity index (χ4v) is 12.9. The number of hydrogen-bond donors (Lipinski definition) is 0. The number of hydrogen-bond acceptors (Lipinski definition) is 8. The van der Waals surface area contributed by atoms with E-state index in [0.717, 1.165) is 127 Å². The zero-order valence-electron chi connectivity index (χ0n) is 53.0. The Labute approximate surface area is 566 Å². The molecule has 0 fully saturated rings. The highest BCUT2D eigenvalue weighted by Gasteiger charge is 2.19. The van der Waals surface area contributed by atoms with E-state index in [1.807, 2.05) is 152 Å². The molecule has 0 saturated carbocycles. The second kappa shape index (κ2) is 25.9. The third-order valence-corrected chi connectivity index (χ3v) is 17.8. The van der Waals surface area contributed by atoms with Gasteiger partial charge in [0.05, 0.1) is 0 Å². The molecule has 0 amide bonds. The van der Waals surface area contributed by atoms with Crippen LogP contribution < -0.4 is 0 Å². The lowest BCUT2D eigenvalue weighted by molar-refractivity contribution is 0.668. The van der Waals surface area contributed by atoms with E-state index in [1.165, 1.54) is 16.7 Å². The van der Waals surface area contributed by atoms with E-state index in [9.17, 15) is 0 Å². The summed E-state index contributed by atoms with van der Waals surface area (Å²) >= 11 is 0. The van der Waals surface area contributed by atoms with E-state index in [2.05, 4.69) is 200 Å². The molecular weight excluding hydrogens is 1200 g/mol. The van der Waals surface area contributed by atoms with Gasteiger partial charge in [0.25, 0.3) is 0 Å². The molecule has 8 heteroatoms. The summed E-state index contributed by atoms with van der Waals surface area (Å²) in [6.45, 7) is 0. The molecule has 0 aliphatic heterocycles. The van der Waals surface area contributed by atoms with Crippen molar-refractivity contribution in [3.05, 3.63) is 352 Å². The van der Waals surface area contributed by atoms with E-state index in [-0.39, 0.29) is 0 Å². The van der Waals surface area contributed by atoms with Crippen LogP contribution in [0.1, 0.15) is 0 Å². The van der Waals surface area contributed by atoms with Crippen LogP contribution in [0.25, 0.3) is 179 Å². The van der Waals surface area contributed by atoms with Crippen LogP contribution in [0.2, 0.25) is 0 Å². The van der Waals surface area contributed by atoms with Crippen LogP contribution in [0.4, 0.5) is 0 Å². The summed E-state index contributed by atoms with van der Waals surface area (Å²) in [5, 5.41) is 4.40. The van der Waals surface area contributed by atoms with Gasteiger partial charge in [0.2, 0.25) is 0 Å². The molecule has 8 nitrogen and oxygen atoms in total. The first kappa shape index (κ1) is 58.5. The summed E-state index contributed by atoms with van der Waals surface area (Å²) < 4.78 is 12.2. The van der Waals surface area contributed by atoms with Crippen LogP contribution in [0.3, 0.4) is 0 Å². The van der Waals surface area contributed by atoms with Crippen molar-refractivity contribution >= 4 is 43.9 Å². The van der Waals surface area contributed by atoms with Gasteiger partial charge in [0.15, 0.2) is 34.9 Å². The van der Waals surface area contributed by atoms with Crippen molar-refractivity contribution in [3.8, 4) is 135 Å². The second-order valence-corrected chi connectivity index (χ2v) is 24.2. The van der Waals surface area contributed by atoms with Crippen molar-refractivity contribution in [3.63, 3.8) is 0 Å². The number of rotatable bonds is 12. The first-order chi connectivity index (χ1) is 48.5. The van der Waals surface area contributed by atoms with Gasteiger partial charge in [0, 0.05) is 54.9 Å². The molecule has 0 unspecified atom stereocenters. The van der Waals surface area contributed by atoms with E-state index in [0.29, 0.717) is 34.9 Å². The minimum atomic E-state index is 0.613. The molecule has 4 aromatic heterocycles. The van der Waals surface area contributed by atoms with E-state index in [4.69, 9.17) is 38.7 Å². The van der Waals surface area contributed by atoms with Gasteiger partial charge in [-0.25, -0.2) is 29.9 Å². The molecule has 0 atom stereocenters. The van der Waals surface area contributed by atoms with Crippen molar-refractivity contribution in [2.24, 2.45) is 0 Å². The van der Waals surface area contributed by atoms with Gasteiger partial charge in [-0.2, -0.15) is 0 Å². The third-order valence-electron chi connectivity index (χ3n) is 17.8. The Hall–Kier alpha value is -13.3. The van der Waals surface area contributed by atoms with Gasteiger partial charge in [-0.1, -0.05) is 279 Å². The molecule has 98 heavy (non-hydrogen) atoms. The predicted octanol–water partition coefficient (Wildman–Crippen LogP) is 23.5. The predicted molar refractivity (Wildman–Crippen MR) is 399 cm³/mol. The van der Waals surface area contributed by atoms with E-state index < -0.39 is 0 Å². The van der Waals surface area contributed by atoms with Crippen LogP contribution in [0, 0.1) is 0 Å². The molecule has 18 aromatic rings. The number of furan rings is 2. The minimum absolute atomic E-state index is 0.613. The Morgan fingerprint density at radius 3 is 0.776 bits per heavy atom. The molecule has 18 rings (SSSR count). The highest BCUT2D eigenvalue weighted by molar-refractivity contribution is 6.07. The Morgan fingerprint density at radius 1 is 0.133 bits per heavy atom. The summed E-state index contributed by atoms with van der Waals surface area (Å²) in [4.78, 5) is 30.1. The lowest BCUT2D eigenvalue weighted by atomic mass is 9.93. The molecule has 460 valence electrons. The standard InChI is InChI=1S/C45H27N3O2.C45H31N3/c1-2-10-28(11-3-1)43-46-44(33-14-8-12-29(24-33)31-20-22-41-37(26-31)35-16-4-6-18-39(35)49-41)48-45(47-43)34-15-9-13-30(25-34)32-21-23-42-38(27-32)36-17-5-7-19-40(36)50-42;1-5-14-32(15-6-1)34-24-26-35(27-25-34)38-22-13-23-39(28-38)41-29-40(33-16-7-2-8-17-33)30-42(31-41)45-47-43(36-18-9-3-10-19-36)46-44(48-45)37-20-11-4-12-21-37/h1-27H;1-31H. The largest absolute Gasteiger partial charge is 0.456 e. The normalized spacial score (nSPS) is 11.3. The quantitative estimate of drug-likeness (QED) is 0.119. The Morgan fingerprint density at radius 2 is 0.357 bits per heavy atom. The molecule has 4 heterocycles. The van der Waals surface area contributed by atoms with Crippen molar-refractivity contribution in [1.29, 1.82) is 0 Å². The van der Waals surface area contributed by atoms with Crippen LogP contribution in [-0.2, 0) is 0 Å². The Kier molecular flexibility index (Phi) is 15.5. The number of aromatic nitrogens is 6. The summed E-state index contributed by atoms with van der Waals surface area (Å²) in [5.74, 6) is 3.77. The molecule has 0 N–H and O–H groups in total. The zero-order valence-corrected chi connectivity index (χ0v) is 53.0. The van der Waals surface area contributed by atoms with Crippen molar-refractivity contribution in [1.82, 2.24) is 29.9 Å².